The highest BCUT2D eigenvalue weighted by atomic mass is 32.2. The number of rotatable bonds is 8. The van der Waals surface area contributed by atoms with Crippen LogP contribution in [0.4, 0.5) is 15.6 Å². The van der Waals surface area contributed by atoms with Gasteiger partial charge in [0.15, 0.2) is 5.13 Å². The van der Waals surface area contributed by atoms with Crippen molar-refractivity contribution in [2.24, 2.45) is 5.92 Å². The van der Waals surface area contributed by atoms with Crippen LogP contribution < -0.4 is 20.1 Å². The Bertz CT molecular complexity index is 986. The van der Waals surface area contributed by atoms with Gasteiger partial charge in [-0.2, -0.15) is 0 Å². The second-order valence-corrected chi connectivity index (χ2v) is 9.75. The van der Waals surface area contributed by atoms with Crippen LogP contribution in [0.3, 0.4) is 0 Å². The lowest BCUT2D eigenvalue weighted by Crippen LogP contribution is -2.30. The summed E-state index contributed by atoms with van der Waals surface area (Å²) >= 11 is 1.08. The van der Waals surface area contributed by atoms with E-state index >= 15 is 0 Å². The van der Waals surface area contributed by atoms with Crippen LogP contribution >= 0.6 is 11.3 Å². The van der Waals surface area contributed by atoms with Crippen molar-refractivity contribution in [3.05, 3.63) is 34.8 Å². The van der Waals surface area contributed by atoms with Gasteiger partial charge >= 0.3 is 6.03 Å². The molecule has 1 heterocycles. The van der Waals surface area contributed by atoms with Crippen LogP contribution in [-0.2, 0) is 21.2 Å². The van der Waals surface area contributed by atoms with E-state index in [1.165, 1.54) is 6.20 Å². The normalized spacial score (nSPS) is 11.2. The Morgan fingerprint density at radius 2 is 1.97 bits per heavy atom. The number of amides is 3. The van der Waals surface area contributed by atoms with Crippen LogP contribution in [0.25, 0.3) is 0 Å². The molecule has 3 N–H and O–H groups in total. The first-order valence-electron chi connectivity index (χ1n) is 8.78. The lowest BCUT2D eigenvalue weighted by atomic mass is 10.2. The monoisotopic (exact) mass is 440 g/mol. The molecule has 0 aliphatic carbocycles. The maximum atomic E-state index is 12.3. The molecular formula is C18H24N4O5S2. The summed E-state index contributed by atoms with van der Waals surface area (Å²) in [6.07, 6.45) is 2.16. The summed E-state index contributed by atoms with van der Waals surface area (Å²) in [5.41, 5.74) is 1.53. The predicted octanol–water partition coefficient (Wildman–Crippen LogP) is 2.75. The molecule has 1 aromatic heterocycles. The van der Waals surface area contributed by atoms with E-state index < -0.39 is 22.0 Å². The fourth-order valence-corrected chi connectivity index (χ4v) is 3.50. The first-order valence-corrected chi connectivity index (χ1v) is 11.5. The minimum absolute atomic E-state index is 0.154. The standard InChI is InChI=1S/C18H24N4O5S2/c1-11(2)10-27-15-7-12(3)5-6-14(15)20-17(24)21-18-19-9-13(28-18)8-16(23)22-29(4,25)26/h5-7,9,11H,8,10H2,1-4H3,(H,22,23)(H2,19,20,21,24). The Hall–Kier alpha value is -2.66. The van der Waals surface area contributed by atoms with Crippen molar-refractivity contribution in [2.75, 3.05) is 23.5 Å². The molecule has 0 radical (unpaired) electrons. The van der Waals surface area contributed by atoms with Gasteiger partial charge in [0.2, 0.25) is 15.9 Å². The number of aromatic nitrogens is 1. The lowest BCUT2D eigenvalue weighted by Gasteiger charge is -2.14. The van der Waals surface area contributed by atoms with Gasteiger partial charge < -0.3 is 10.1 Å². The summed E-state index contributed by atoms with van der Waals surface area (Å²) < 4.78 is 29.8. The number of urea groups is 1. The van der Waals surface area contributed by atoms with E-state index in [1.54, 1.807) is 6.07 Å². The van der Waals surface area contributed by atoms with Gasteiger partial charge in [-0.15, -0.1) is 11.3 Å². The van der Waals surface area contributed by atoms with Crippen LogP contribution in [0.5, 0.6) is 5.75 Å². The van der Waals surface area contributed by atoms with Gasteiger partial charge in [0.25, 0.3) is 0 Å². The SMILES string of the molecule is Cc1ccc(NC(=O)Nc2ncc(CC(=O)NS(C)(=O)=O)s2)c(OCC(C)C)c1. The topological polar surface area (TPSA) is 126 Å². The maximum absolute atomic E-state index is 12.3. The number of benzene rings is 1. The quantitative estimate of drug-likeness (QED) is 0.579. The number of thiazole rings is 1. The Morgan fingerprint density at radius 1 is 1.24 bits per heavy atom. The molecule has 0 spiro atoms. The third-order valence-corrected chi connectivity index (χ3v) is 4.88. The van der Waals surface area contributed by atoms with Crippen molar-refractivity contribution in [3.63, 3.8) is 0 Å². The van der Waals surface area contributed by atoms with Crippen molar-refractivity contribution in [2.45, 2.75) is 27.2 Å². The van der Waals surface area contributed by atoms with E-state index in [2.05, 4.69) is 15.6 Å². The number of carbonyl (C=O) groups is 2. The average molecular weight is 441 g/mol. The number of anilines is 2. The summed E-state index contributed by atoms with van der Waals surface area (Å²) in [5, 5.41) is 5.59. The Balaban J connectivity index is 1.98. The number of nitrogens with zero attached hydrogens (tertiary/aromatic N) is 1. The zero-order valence-electron chi connectivity index (χ0n) is 16.6. The molecule has 158 valence electrons. The van der Waals surface area contributed by atoms with E-state index in [1.807, 2.05) is 37.6 Å². The van der Waals surface area contributed by atoms with Gasteiger partial charge in [-0.1, -0.05) is 19.9 Å². The Morgan fingerprint density at radius 3 is 2.62 bits per heavy atom. The first-order chi connectivity index (χ1) is 13.5. The largest absolute Gasteiger partial charge is 0.491 e. The smallest absolute Gasteiger partial charge is 0.325 e. The second-order valence-electron chi connectivity index (χ2n) is 6.89. The number of hydrogen-bond acceptors (Lipinski definition) is 7. The van der Waals surface area contributed by atoms with Crippen molar-refractivity contribution < 1.29 is 22.7 Å². The zero-order valence-corrected chi connectivity index (χ0v) is 18.2. The van der Waals surface area contributed by atoms with E-state index in [9.17, 15) is 18.0 Å². The predicted molar refractivity (Wildman–Crippen MR) is 113 cm³/mol. The number of hydrogen-bond donors (Lipinski definition) is 3. The van der Waals surface area contributed by atoms with Crippen LogP contribution in [0, 0.1) is 12.8 Å². The van der Waals surface area contributed by atoms with Crippen LogP contribution in [0.1, 0.15) is 24.3 Å². The van der Waals surface area contributed by atoms with Crippen LogP contribution in [-0.4, -0.2) is 38.2 Å². The first kappa shape index (κ1) is 22.6. The van der Waals surface area contributed by atoms with Crippen molar-refractivity contribution >= 4 is 44.1 Å². The average Bonchev–Trinajstić information content (AvgIpc) is 2.99. The molecular weight excluding hydrogens is 416 g/mol. The van der Waals surface area contributed by atoms with Crippen LogP contribution in [0.2, 0.25) is 0 Å². The highest BCUT2D eigenvalue weighted by Gasteiger charge is 2.14. The molecule has 0 saturated heterocycles. The second kappa shape index (κ2) is 9.70. The summed E-state index contributed by atoms with van der Waals surface area (Å²) in [6.45, 7) is 6.52. The Kier molecular flexibility index (Phi) is 7.57. The third-order valence-electron chi connectivity index (χ3n) is 3.37. The molecule has 9 nitrogen and oxygen atoms in total. The molecule has 0 bridgehead atoms. The van der Waals surface area contributed by atoms with Crippen molar-refractivity contribution in [1.29, 1.82) is 0 Å². The van der Waals surface area contributed by atoms with Gasteiger partial charge in [0, 0.05) is 11.1 Å². The number of nitrogens with one attached hydrogen (secondary N) is 3. The molecule has 2 rings (SSSR count). The van der Waals surface area contributed by atoms with E-state index in [0.29, 0.717) is 28.8 Å². The highest BCUT2D eigenvalue weighted by Crippen LogP contribution is 2.27. The van der Waals surface area contributed by atoms with E-state index in [0.717, 1.165) is 23.2 Å². The summed E-state index contributed by atoms with van der Waals surface area (Å²) in [7, 11) is -3.61. The fraction of sp³-hybridized carbons (Fsp3) is 0.389. The number of ether oxygens (including phenoxy) is 1. The lowest BCUT2D eigenvalue weighted by molar-refractivity contribution is -0.118. The molecule has 2 aromatic rings. The highest BCUT2D eigenvalue weighted by molar-refractivity contribution is 7.89. The van der Waals surface area contributed by atoms with E-state index in [-0.39, 0.29) is 11.6 Å². The summed E-state index contributed by atoms with van der Waals surface area (Å²) in [5.74, 6) is 0.246. The maximum Gasteiger partial charge on any atom is 0.325 e. The molecule has 1 aromatic carbocycles. The van der Waals surface area contributed by atoms with Crippen molar-refractivity contribution in [3.8, 4) is 5.75 Å². The van der Waals surface area contributed by atoms with Gasteiger partial charge in [0.05, 0.1) is 25.0 Å². The molecule has 0 fully saturated rings. The van der Waals surface area contributed by atoms with Gasteiger partial charge in [0.1, 0.15) is 5.75 Å². The number of carbonyl (C=O) groups excluding carboxylic acids is 2. The molecule has 0 unspecified atom stereocenters. The van der Waals surface area contributed by atoms with Crippen LogP contribution in [0.15, 0.2) is 24.4 Å². The zero-order chi connectivity index (χ0) is 21.6. The molecule has 3 amide bonds. The minimum Gasteiger partial charge on any atom is -0.491 e. The molecule has 0 saturated carbocycles. The summed E-state index contributed by atoms with van der Waals surface area (Å²) in [6, 6.07) is 4.96. The fourth-order valence-electron chi connectivity index (χ4n) is 2.21. The van der Waals surface area contributed by atoms with Gasteiger partial charge in [-0.3, -0.25) is 14.8 Å². The van der Waals surface area contributed by atoms with Gasteiger partial charge in [-0.25, -0.2) is 18.2 Å². The molecule has 0 aliphatic heterocycles. The molecule has 0 aliphatic rings. The van der Waals surface area contributed by atoms with Gasteiger partial charge in [-0.05, 0) is 30.5 Å². The third kappa shape index (κ3) is 8.08. The van der Waals surface area contributed by atoms with Crippen molar-refractivity contribution in [1.82, 2.24) is 9.71 Å². The molecule has 11 heteroatoms. The Labute approximate surface area is 173 Å². The molecule has 29 heavy (non-hydrogen) atoms. The number of sulfonamides is 1. The number of aryl methyl sites for hydroxylation is 1. The summed E-state index contributed by atoms with van der Waals surface area (Å²) in [4.78, 5) is 28.5. The van der Waals surface area contributed by atoms with E-state index in [4.69, 9.17) is 4.74 Å². The molecule has 0 atom stereocenters. The minimum atomic E-state index is -3.61.